The number of alkyl halides is 5. The van der Waals surface area contributed by atoms with E-state index in [0.717, 1.165) is 35.9 Å². The van der Waals surface area contributed by atoms with Crippen molar-refractivity contribution < 1.29 is 54.6 Å². The lowest BCUT2D eigenvalue weighted by Gasteiger charge is -2.51. The number of piperidine rings is 2. The molecule has 2 aliphatic heterocycles. The molecule has 5 rings (SSSR count). The SMILES string of the molecule is CCCC1N(C(=O)c2cnccc2C(F)(F)F)CCCC1(Oc1csc(C(F)F)c1)C(=O)N1CCC(C#N)(c2ccccc2OCCCP(=O)(OC)OC)CC1. The lowest BCUT2D eigenvalue weighted by atomic mass is 9.72. The fraction of sp³-hybridized carbons (Fsp3) is 0.526. The van der Waals surface area contributed by atoms with Gasteiger partial charge in [-0.05, 0) is 50.3 Å². The molecule has 2 unspecified atom stereocenters. The van der Waals surface area contributed by atoms with Crippen molar-refractivity contribution in [3.05, 3.63) is 75.7 Å². The smallest absolute Gasteiger partial charge is 0.417 e. The molecular weight excluding hydrogens is 782 g/mol. The minimum atomic E-state index is -4.86. The van der Waals surface area contributed by atoms with Crippen molar-refractivity contribution >= 4 is 30.7 Å². The number of benzene rings is 1. The molecule has 0 aliphatic carbocycles. The number of carbonyl (C=O) groups excluding carboxylic acids is 2. The zero-order chi connectivity index (χ0) is 40.7. The molecule has 2 atom stereocenters. The van der Waals surface area contributed by atoms with E-state index in [1.807, 2.05) is 0 Å². The van der Waals surface area contributed by atoms with Crippen molar-refractivity contribution in [3.63, 3.8) is 0 Å². The summed E-state index contributed by atoms with van der Waals surface area (Å²) in [5.74, 6) is -1.11. The molecule has 0 saturated carbocycles. The van der Waals surface area contributed by atoms with Gasteiger partial charge in [-0.15, -0.1) is 11.3 Å². The normalized spacial score (nSPS) is 20.1. The van der Waals surface area contributed by atoms with Crippen molar-refractivity contribution in [2.75, 3.05) is 46.6 Å². The fourth-order valence-electron chi connectivity index (χ4n) is 7.57. The Balaban J connectivity index is 1.45. The van der Waals surface area contributed by atoms with Gasteiger partial charge in [-0.25, -0.2) is 8.78 Å². The van der Waals surface area contributed by atoms with Crippen LogP contribution in [0.1, 0.15) is 84.7 Å². The number of halogens is 5. The molecule has 2 fully saturated rings. The van der Waals surface area contributed by atoms with Gasteiger partial charge in [-0.3, -0.25) is 19.1 Å². The Morgan fingerprint density at radius 1 is 1.11 bits per heavy atom. The first kappa shape index (κ1) is 43.0. The van der Waals surface area contributed by atoms with Crippen LogP contribution in [0.2, 0.25) is 0 Å². The van der Waals surface area contributed by atoms with E-state index >= 15 is 4.79 Å². The van der Waals surface area contributed by atoms with Crippen molar-refractivity contribution in [1.82, 2.24) is 14.8 Å². The highest BCUT2D eigenvalue weighted by molar-refractivity contribution is 7.53. The van der Waals surface area contributed by atoms with Gasteiger partial charge in [-0.1, -0.05) is 31.5 Å². The Hall–Kier alpha value is -4.10. The lowest BCUT2D eigenvalue weighted by Crippen LogP contribution is -2.68. The Morgan fingerprint density at radius 2 is 1.82 bits per heavy atom. The molecule has 18 heteroatoms. The number of rotatable bonds is 15. The van der Waals surface area contributed by atoms with Crippen LogP contribution in [0.4, 0.5) is 22.0 Å². The van der Waals surface area contributed by atoms with E-state index < -0.39 is 60.2 Å². The van der Waals surface area contributed by atoms with Gasteiger partial charge >= 0.3 is 13.8 Å². The number of amides is 2. The zero-order valence-corrected chi connectivity index (χ0v) is 32.9. The number of pyridine rings is 1. The van der Waals surface area contributed by atoms with E-state index in [1.165, 1.54) is 29.4 Å². The highest BCUT2D eigenvalue weighted by Gasteiger charge is 2.56. The lowest BCUT2D eigenvalue weighted by molar-refractivity contribution is -0.160. The summed E-state index contributed by atoms with van der Waals surface area (Å²) < 4.78 is 105. The molecular formula is C38H44F5N4O7PS. The molecule has 304 valence electrons. The summed E-state index contributed by atoms with van der Waals surface area (Å²) in [6.07, 6.45) is -4.30. The predicted molar refractivity (Wildman–Crippen MR) is 197 cm³/mol. The summed E-state index contributed by atoms with van der Waals surface area (Å²) in [5.41, 5.74) is -4.18. The largest absolute Gasteiger partial charge is 0.493 e. The number of carbonyl (C=O) groups is 2. The van der Waals surface area contributed by atoms with Crippen LogP contribution < -0.4 is 9.47 Å². The van der Waals surface area contributed by atoms with Crippen molar-refractivity contribution in [2.45, 2.75) is 81.5 Å². The minimum Gasteiger partial charge on any atom is -0.493 e. The number of nitrogens with zero attached hydrogens (tertiary/aromatic N) is 4. The first-order valence-electron chi connectivity index (χ1n) is 18.2. The molecule has 0 N–H and O–H groups in total. The zero-order valence-electron chi connectivity index (χ0n) is 31.2. The van der Waals surface area contributed by atoms with E-state index in [4.69, 9.17) is 18.5 Å². The van der Waals surface area contributed by atoms with Gasteiger partial charge in [0.25, 0.3) is 18.2 Å². The highest BCUT2D eigenvalue weighted by atomic mass is 32.1. The van der Waals surface area contributed by atoms with E-state index in [-0.39, 0.29) is 75.1 Å². The topological polar surface area (TPSA) is 131 Å². The number of hydrogen-bond donors (Lipinski definition) is 0. The maximum absolute atomic E-state index is 15.0. The van der Waals surface area contributed by atoms with Crippen molar-refractivity contribution in [2.24, 2.45) is 0 Å². The first-order chi connectivity index (χ1) is 26.7. The number of nitriles is 1. The Bertz CT molecular complexity index is 1930. The maximum Gasteiger partial charge on any atom is 0.417 e. The van der Waals surface area contributed by atoms with Crippen LogP contribution in [0.15, 0.2) is 54.2 Å². The molecule has 4 heterocycles. The monoisotopic (exact) mass is 826 g/mol. The standard InChI is InChI=1S/C38H44F5N4O7PS/c1-4-9-32-37(54-26-22-31(33(39)40)56-24-26,13-7-17-47(32)34(48)27-23-45-16-12-28(27)38(41,42)43)35(49)46-18-14-36(25-44,15-19-46)29-10-5-6-11-30(29)53-20-8-21-55(50,51-2)52-3/h5-6,10-12,16,22-24,32-33H,4,7-9,13-15,17-21H2,1-3H3. The van der Waals surface area contributed by atoms with Crippen molar-refractivity contribution in [1.29, 1.82) is 5.26 Å². The molecule has 2 amide bonds. The van der Waals surface area contributed by atoms with Gasteiger partial charge in [0, 0.05) is 63.6 Å². The Morgan fingerprint density at radius 3 is 2.45 bits per heavy atom. The molecule has 0 spiro atoms. The van der Waals surface area contributed by atoms with Gasteiger partial charge in [-0.2, -0.15) is 18.4 Å². The van der Waals surface area contributed by atoms with Gasteiger partial charge < -0.3 is 28.3 Å². The Kier molecular flexibility index (Phi) is 13.8. The van der Waals surface area contributed by atoms with Gasteiger partial charge in [0.1, 0.15) is 11.5 Å². The summed E-state index contributed by atoms with van der Waals surface area (Å²) in [6, 6.07) is 10.3. The van der Waals surface area contributed by atoms with E-state index in [0.29, 0.717) is 24.2 Å². The summed E-state index contributed by atoms with van der Waals surface area (Å²) in [4.78, 5) is 35.4. The van der Waals surface area contributed by atoms with Crippen LogP contribution in [0.5, 0.6) is 11.5 Å². The molecule has 2 aromatic heterocycles. The number of ether oxygens (including phenoxy) is 2. The number of likely N-dealkylation sites (tertiary alicyclic amines) is 2. The summed E-state index contributed by atoms with van der Waals surface area (Å²) in [7, 11) is -0.641. The second-order valence-electron chi connectivity index (χ2n) is 13.7. The average molecular weight is 827 g/mol. The number of thiophene rings is 1. The van der Waals surface area contributed by atoms with Crippen molar-refractivity contribution in [3.8, 4) is 17.6 Å². The summed E-state index contributed by atoms with van der Waals surface area (Å²) in [6.45, 7) is 2.11. The second kappa shape index (κ2) is 18.0. The predicted octanol–water partition coefficient (Wildman–Crippen LogP) is 8.66. The van der Waals surface area contributed by atoms with Crippen LogP contribution in [0.25, 0.3) is 0 Å². The number of para-hydroxylation sites is 1. The molecule has 56 heavy (non-hydrogen) atoms. The van der Waals surface area contributed by atoms with Gasteiger partial charge in [0.05, 0.1) is 46.3 Å². The van der Waals surface area contributed by atoms with Crippen LogP contribution in [-0.2, 0) is 30.0 Å². The number of aromatic nitrogens is 1. The molecule has 0 radical (unpaired) electrons. The van der Waals surface area contributed by atoms with Crippen LogP contribution in [0.3, 0.4) is 0 Å². The summed E-state index contributed by atoms with van der Waals surface area (Å²) >= 11 is 0.739. The molecule has 2 saturated heterocycles. The minimum absolute atomic E-state index is 0.0167. The molecule has 1 aromatic carbocycles. The third-order valence-electron chi connectivity index (χ3n) is 10.4. The molecule has 2 aliphatic rings. The highest BCUT2D eigenvalue weighted by Crippen LogP contribution is 2.47. The number of hydrogen-bond acceptors (Lipinski definition) is 10. The fourth-order valence-corrected chi connectivity index (χ4v) is 9.26. The van der Waals surface area contributed by atoms with E-state index in [1.54, 1.807) is 31.2 Å². The van der Waals surface area contributed by atoms with E-state index in [2.05, 4.69) is 11.1 Å². The quantitative estimate of drug-likeness (QED) is 0.0840. The molecule has 3 aromatic rings. The second-order valence-corrected chi connectivity index (χ2v) is 17.0. The van der Waals surface area contributed by atoms with E-state index in [9.17, 15) is 36.6 Å². The molecule has 0 bridgehead atoms. The van der Waals surface area contributed by atoms with Crippen LogP contribution >= 0.6 is 18.9 Å². The van der Waals surface area contributed by atoms with Gasteiger partial charge in [0.15, 0.2) is 0 Å². The average Bonchev–Trinajstić information content (AvgIpc) is 3.68. The molecule has 11 nitrogen and oxygen atoms in total. The van der Waals surface area contributed by atoms with Gasteiger partial charge in [0.2, 0.25) is 5.60 Å². The van der Waals surface area contributed by atoms with Crippen LogP contribution in [-0.4, -0.2) is 84.9 Å². The third-order valence-corrected chi connectivity index (χ3v) is 13.3. The maximum atomic E-state index is 15.0. The summed E-state index contributed by atoms with van der Waals surface area (Å²) in [5, 5.41) is 12.0. The van der Waals surface area contributed by atoms with Crippen LogP contribution in [0, 0.1) is 11.3 Å². The Labute approximate surface area is 326 Å². The first-order valence-corrected chi connectivity index (χ1v) is 20.8. The third kappa shape index (κ3) is 9.04.